The highest BCUT2D eigenvalue weighted by molar-refractivity contribution is 5.88. The molecule has 3 nitrogen and oxygen atoms in total. The summed E-state index contributed by atoms with van der Waals surface area (Å²) in [6.07, 6.45) is 20.1. The monoisotopic (exact) mass is 355 g/mol. The maximum atomic E-state index is 7.83. The van der Waals surface area contributed by atoms with E-state index in [1.807, 2.05) is 30.6 Å². The molecular weight excluding hydrogens is 330 g/mol. The molecule has 0 amide bonds. The molecule has 1 aromatic rings. The van der Waals surface area contributed by atoms with Gasteiger partial charge in [-0.25, -0.2) is 0 Å². The number of hydrogen-bond donors (Lipinski definition) is 2. The topological polar surface area (TPSA) is 48.2 Å². The standard InChI is InChI=1S/C24H25N3/c1-3-6-18(4-2)19-7-5-8-20(15-19)21-9-10-24(22(16-21)17-25)27-23-11-13-26-14-12-23/h3-4,6-7,9-11,13-17,23,25,27H,1-2,5,8,12H2/b18-6+,25-17?. The van der Waals surface area contributed by atoms with E-state index >= 15 is 0 Å². The predicted molar refractivity (Wildman–Crippen MR) is 118 cm³/mol. The Hall–Kier alpha value is -3.20. The fraction of sp³-hybridized carbons (Fsp3) is 0.167. The molecule has 1 atom stereocenters. The average Bonchev–Trinajstić information content (AvgIpc) is 2.73. The summed E-state index contributed by atoms with van der Waals surface area (Å²) in [6, 6.07) is 6.52. The third-order valence-electron chi connectivity index (χ3n) is 4.75. The van der Waals surface area contributed by atoms with Gasteiger partial charge in [0.15, 0.2) is 0 Å². The Bertz CT molecular complexity index is 894. The lowest BCUT2D eigenvalue weighted by Gasteiger charge is -2.20. The molecule has 2 N–H and O–H groups in total. The number of nitrogens with zero attached hydrogens (tertiary/aromatic N) is 1. The second-order valence-corrected chi connectivity index (χ2v) is 6.54. The molecule has 0 saturated carbocycles. The van der Waals surface area contributed by atoms with Crippen molar-refractivity contribution in [3.8, 4) is 0 Å². The summed E-state index contributed by atoms with van der Waals surface area (Å²) in [7, 11) is 0. The van der Waals surface area contributed by atoms with E-state index in [4.69, 9.17) is 5.41 Å². The molecular formula is C24H25N3. The molecule has 1 aromatic carbocycles. The van der Waals surface area contributed by atoms with Gasteiger partial charge in [-0.2, -0.15) is 0 Å². The number of benzene rings is 1. The van der Waals surface area contributed by atoms with Crippen molar-refractivity contribution >= 4 is 23.7 Å². The summed E-state index contributed by atoms with van der Waals surface area (Å²) in [5.74, 6) is 0. The number of rotatable bonds is 7. The first kappa shape index (κ1) is 18.6. The van der Waals surface area contributed by atoms with E-state index in [0.717, 1.165) is 41.6 Å². The molecule has 3 heteroatoms. The van der Waals surface area contributed by atoms with Crippen LogP contribution in [0.25, 0.3) is 5.57 Å². The Balaban J connectivity index is 1.86. The summed E-state index contributed by atoms with van der Waals surface area (Å²) >= 11 is 0. The highest BCUT2D eigenvalue weighted by Crippen LogP contribution is 2.31. The van der Waals surface area contributed by atoms with Crippen LogP contribution >= 0.6 is 0 Å². The van der Waals surface area contributed by atoms with Crippen molar-refractivity contribution in [2.45, 2.75) is 25.3 Å². The van der Waals surface area contributed by atoms with Crippen LogP contribution in [-0.4, -0.2) is 18.5 Å². The average molecular weight is 355 g/mol. The van der Waals surface area contributed by atoms with Crippen molar-refractivity contribution in [1.29, 1.82) is 5.41 Å². The quantitative estimate of drug-likeness (QED) is 0.467. The van der Waals surface area contributed by atoms with E-state index in [1.165, 1.54) is 17.4 Å². The molecule has 3 rings (SSSR count). The fourth-order valence-corrected chi connectivity index (χ4v) is 3.33. The lowest BCUT2D eigenvalue weighted by Crippen LogP contribution is -2.19. The van der Waals surface area contributed by atoms with E-state index in [2.05, 4.69) is 53.8 Å². The van der Waals surface area contributed by atoms with Gasteiger partial charge in [-0.1, -0.05) is 49.6 Å². The van der Waals surface area contributed by atoms with Crippen molar-refractivity contribution in [3.63, 3.8) is 0 Å². The smallest absolute Gasteiger partial charge is 0.0511 e. The minimum Gasteiger partial charge on any atom is -0.378 e. The van der Waals surface area contributed by atoms with Crippen LogP contribution in [-0.2, 0) is 0 Å². The molecule has 136 valence electrons. The summed E-state index contributed by atoms with van der Waals surface area (Å²) in [4.78, 5) is 4.11. The Morgan fingerprint density at radius 3 is 2.89 bits per heavy atom. The molecule has 1 heterocycles. The Morgan fingerprint density at radius 1 is 1.30 bits per heavy atom. The summed E-state index contributed by atoms with van der Waals surface area (Å²) in [5.41, 5.74) is 6.57. The molecule has 0 radical (unpaired) electrons. The first-order valence-electron chi connectivity index (χ1n) is 9.21. The molecule has 0 aromatic heterocycles. The van der Waals surface area contributed by atoms with E-state index in [0.29, 0.717) is 0 Å². The molecule has 2 aliphatic rings. The van der Waals surface area contributed by atoms with Crippen LogP contribution in [0.2, 0.25) is 0 Å². The van der Waals surface area contributed by atoms with Gasteiger partial charge in [0, 0.05) is 36.3 Å². The second-order valence-electron chi connectivity index (χ2n) is 6.54. The minimum absolute atomic E-state index is 0.217. The van der Waals surface area contributed by atoms with Crippen LogP contribution in [0.4, 0.5) is 5.69 Å². The molecule has 0 bridgehead atoms. The van der Waals surface area contributed by atoms with E-state index in [-0.39, 0.29) is 6.04 Å². The van der Waals surface area contributed by atoms with Crippen molar-refractivity contribution in [3.05, 3.63) is 96.3 Å². The third-order valence-corrected chi connectivity index (χ3v) is 4.75. The van der Waals surface area contributed by atoms with Crippen LogP contribution in [0.5, 0.6) is 0 Å². The van der Waals surface area contributed by atoms with E-state index < -0.39 is 0 Å². The first-order valence-corrected chi connectivity index (χ1v) is 9.21. The second kappa shape index (κ2) is 8.95. The van der Waals surface area contributed by atoms with Gasteiger partial charge in [-0.05, 0) is 53.3 Å². The van der Waals surface area contributed by atoms with Gasteiger partial charge in [0.25, 0.3) is 0 Å². The van der Waals surface area contributed by atoms with Crippen LogP contribution < -0.4 is 5.32 Å². The maximum absolute atomic E-state index is 7.83. The van der Waals surface area contributed by atoms with Gasteiger partial charge in [0.2, 0.25) is 0 Å². The highest BCUT2D eigenvalue weighted by atomic mass is 14.9. The number of nitrogens with one attached hydrogen (secondary N) is 2. The number of allylic oxidation sites excluding steroid dienone is 8. The number of aliphatic imine (C=N–C) groups is 1. The van der Waals surface area contributed by atoms with Crippen molar-refractivity contribution in [2.75, 3.05) is 5.32 Å². The summed E-state index contributed by atoms with van der Waals surface area (Å²) < 4.78 is 0. The molecule has 1 aliphatic heterocycles. The van der Waals surface area contributed by atoms with Crippen LogP contribution in [0.1, 0.15) is 30.4 Å². The molecule has 0 saturated heterocycles. The van der Waals surface area contributed by atoms with E-state index in [9.17, 15) is 0 Å². The Labute approximate surface area is 161 Å². The maximum Gasteiger partial charge on any atom is 0.0511 e. The fourth-order valence-electron chi connectivity index (χ4n) is 3.33. The van der Waals surface area contributed by atoms with Crippen LogP contribution in [0.3, 0.4) is 0 Å². The van der Waals surface area contributed by atoms with Gasteiger partial charge in [0.05, 0.1) is 6.04 Å². The molecule has 27 heavy (non-hydrogen) atoms. The molecule has 0 spiro atoms. The zero-order valence-electron chi connectivity index (χ0n) is 15.5. The minimum atomic E-state index is 0.217. The predicted octanol–water partition coefficient (Wildman–Crippen LogP) is 5.85. The third kappa shape index (κ3) is 4.50. The Morgan fingerprint density at radius 2 is 2.19 bits per heavy atom. The van der Waals surface area contributed by atoms with Gasteiger partial charge in [0.1, 0.15) is 0 Å². The van der Waals surface area contributed by atoms with Gasteiger partial charge < -0.3 is 10.7 Å². The van der Waals surface area contributed by atoms with Crippen LogP contribution in [0, 0.1) is 5.41 Å². The summed E-state index contributed by atoms with van der Waals surface area (Å²) in [5, 5.41) is 11.3. The SMILES string of the molecule is C=C/C=C(\C=C)C1=CCCC(c2ccc(NC3C=CN=CC3)c(C=N)c2)=C1. The van der Waals surface area contributed by atoms with Gasteiger partial charge in [-0.15, -0.1) is 0 Å². The largest absolute Gasteiger partial charge is 0.378 e. The van der Waals surface area contributed by atoms with Crippen molar-refractivity contribution < 1.29 is 0 Å². The normalized spacial score (nSPS) is 19.1. The first-order chi connectivity index (χ1) is 13.2. The zero-order chi connectivity index (χ0) is 19.1. The van der Waals surface area contributed by atoms with Gasteiger partial charge in [-0.3, -0.25) is 4.99 Å². The number of anilines is 1. The lowest BCUT2D eigenvalue weighted by atomic mass is 9.89. The molecule has 1 unspecified atom stereocenters. The molecule has 0 fully saturated rings. The van der Waals surface area contributed by atoms with Crippen LogP contribution in [0.15, 0.2) is 90.2 Å². The zero-order valence-corrected chi connectivity index (χ0v) is 15.5. The highest BCUT2D eigenvalue weighted by Gasteiger charge is 2.13. The van der Waals surface area contributed by atoms with Crippen molar-refractivity contribution in [1.82, 2.24) is 0 Å². The lowest BCUT2D eigenvalue weighted by molar-refractivity contribution is 0.916. The van der Waals surface area contributed by atoms with Crippen molar-refractivity contribution in [2.24, 2.45) is 4.99 Å². The Kier molecular flexibility index (Phi) is 6.16. The summed E-state index contributed by atoms with van der Waals surface area (Å²) in [6.45, 7) is 7.69. The van der Waals surface area contributed by atoms with Gasteiger partial charge >= 0.3 is 0 Å². The molecule has 1 aliphatic carbocycles. The number of hydrogen-bond acceptors (Lipinski definition) is 3. The van der Waals surface area contributed by atoms with E-state index in [1.54, 1.807) is 6.08 Å².